The van der Waals surface area contributed by atoms with Crippen LogP contribution in [0, 0.1) is 10.1 Å². The standard InChI is InChI=1S/C18H17ClN2O5/c1-12(22)20(11-15-4-2-3-5-16(15)19)17-10-14(18(23)24)7-6-13(17)8-9-21(25)26/h2-7,10H,8-9,11H2,1H3,(H,23,24). The molecule has 7 nitrogen and oxygen atoms in total. The quantitative estimate of drug-likeness (QED) is 0.589. The predicted octanol–water partition coefficient (Wildman–Crippen LogP) is 3.41. The van der Waals surface area contributed by atoms with Gasteiger partial charge in [-0.15, -0.1) is 0 Å². The van der Waals surface area contributed by atoms with E-state index in [4.69, 9.17) is 11.6 Å². The smallest absolute Gasteiger partial charge is 0.335 e. The first kappa shape index (κ1) is 19.4. The summed E-state index contributed by atoms with van der Waals surface area (Å²) in [7, 11) is 0. The number of halogens is 1. The number of anilines is 1. The number of carboxylic acid groups (broad SMARTS) is 1. The molecule has 26 heavy (non-hydrogen) atoms. The molecule has 1 N–H and O–H groups in total. The van der Waals surface area contributed by atoms with Gasteiger partial charge in [-0.05, 0) is 29.3 Å². The number of carboxylic acids is 1. The Morgan fingerprint density at radius 1 is 1.19 bits per heavy atom. The lowest BCUT2D eigenvalue weighted by molar-refractivity contribution is -0.479. The van der Waals surface area contributed by atoms with Crippen LogP contribution in [0.1, 0.15) is 28.4 Å². The molecule has 0 unspecified atom stereocenters. The monoisotopic (exact) mass is 376 g/mol. The highest BCUT2D eigenvalue weighted by molar-refractivity contribution is 6.31. The zero-order chi connectivity index (χ0) is 19.3. The number of nitrogens with zero attached hydrogens (tertiary/aromatic N) is 2. The van der Waals surface area contributed by atoms with Crippen molar-refractivity contribution in [2.24, 2.45) is 0 Å². The highest BCUT2D eigenvalue weighted by Gasteiger charge is 2.20. The van der Waals surface area contributed by atoms with Gasteiger partial charge in [-0.2, -0.15) is 0 Å². The van der Waals surface area contributed by atoms with Crippen molar-refractivity contribution in [3.05, 3.63) is 74.3 Å². The van der Waals surface area contributed by atoms with Crippen molar-refractivity contribution in [1.29, 1.82) is 0 Å². The molecule has 0 aliphatic carbocycles. The number of hydrogen-bond acceptors (Lipinski definition) is 4. The van der Waals surface area contributed by atoms with Crippen molar-refractivity contribution < 1.29 is 19.6 Å². The third-order valence-electron chi connectivity index (χ3n) is 3.85. The Balaban J connectivity index is 2.49. The molecular weight excluding hydrogens is 360 g/mol. The fraction of sp³-hybridized carbons (Fsp3) is 0.222. The van der Waals surface area contributed by atoms with Crippen LogP contribution in [0.3, 0.4) is 0 Å². The van der Waals surface area contributed by atoms with E-state index in [0.717, 1.165) is 0 Å². The molecule has 136 valence electrons. The molecule has 0 saturated carbocycles. The van der Waals surface area contributed by atoms with Gasteiger partial charge in [0.25, 0.3) is 0 Å². The Kier molecular flexibility index (Phi) is 6.30. The zero-order valence-corrected chi connectivity index (χ0v) is 14.8. The van der Waals surface area contributed by atoms with Crippen molar-refractivity contribution in [1.82, 2.24) is 0 Å². The first-order chi connectivity index (χ1) is 12.3. The summed E-state index contributed by atoms with van der Waals surface area (Å²) >= 11 is 6.16. The normalized spacial score (nSPS) is 10.4. The Morgan fingerprint density at radius 3 is 2.46 bits per heavy atom. The summed E-state index contributed by atoms with van der Waals surface area (Å²) in [6.07, 6.45) is 0.0779. The van der Waals surface area contributed by atoms with Gasteiger partial charge in [-0.3, -0.25) is 14.9 Å². The van der Waals surface area contributed by atoms with E-state index in [1.165, 1.54) is 30.0 Å². The van der Waals surface area contributed by atoms with Crippen LogP contribution in [-0.4, -0.2) is 28.5 Å². The lowest BCUT2D eigenvalue weighted by atomic mass is 10.0. The number of nitro groups is 1. The summed E-state index contributed by atoms with van der Waals surface area (Å²) < 4.78 is 0. The number of amides is 1. The summed E-state index contributed by atoms with van der Waals surface area (Å²) in [5, 5.41) is 20.4. The van der Waals surface area contributed by atoms with Crippen molar-refractivity contribution in [2.45, 2.75) is 19.9 Å². The second-order valence-corrected chi connectivity index (χ2v) is 6.06. The molecule has 0 saturated heterocycles. The molecule has 2 aromatic carbocycles. The molecule has 0 spiro atoms. The van der Waals surface area contributed by atoms with E-state index in [-0.39, 0.29) is 31.0 Å². The molecule has 0 bridgehead atoms. The van der Waals surface area contributed by atoms with E-state index < -0.39 is 10.9 Å². The van der Waals surface area contributed by atoms with E-state index in [0.29, 0.717) is 21.8 Å². The predicted molar refractivity (Wildman–Crippen MR) is 97.3 cm³/mol. The average Bonchev–Trinajstić information content (AvgIpc) is 2.58. The van der Waals surface area contributed by atoms with Gasteiger partial charge in [-0.25, -0.2) is 4.79 Å². The number of carbonyl (C=O) groups is 2. The van der Waals surface area contributed by atoms with Crippen LogP contribution in [0.2, 0.25) is 5.02 Å². The third kappa shape index (κ3) is 4.80. The summed E-state index contributed by atoms with van der Waals surface area (Å²) in [4.78, 5) is 35.2. The molecule has 0 aliphatic heterocycles. The number of benzene rings is 2. The van der Waals surface area contributed by atoms with Crippen LogP contribution < -0.4 is 4.90 Å². The zero-order valence-electron chi connectivity index (χ0n) is 14.0. The molecular formula is C18H17ClN2O5. The summed E-state index contributed by atoms with van der Waals surface area (Å²) in [6.45, 7) is 1.16. The van der Waals surface area contributed by atoms with Gasteiger partial charge < -0.3 is 10.0 Å². The second kappa shape index (κ2) is 8.44. The third-order valence-corrected chi connectivity index (χ3v) is 4.22. The average molecular weight is 377 g/mol. The van der Waals surface area contributed by atoms with Crippen LogP contribution in [0.5, 0.6) is 0 Å². The van der Waals surface area contributed by atoms with E-state index in [1.54, 1.807) is 24.3 Å². The van der Waals surface area contributed by atoms with Gasteiger partial charge in [0.05, 0.1) is 12.1 Å². The van der Waals surface area contributed by atoms with E-state index in [9.17, 15) is 24.8 Å². The topological polar surface area (TPSA) is 101 Å². The second-order valence-electron chi connectivity index (χ2n) is 5.65. The van der Waals surface area contributed by atoms with Crippen molar-refractivity contribution in [2.75, 3.05) is 11.4 Å². The molecule has 2 rings (SSSR count). The Morgan fingerprint density at radius 2 is 1.88 bits per heavy atom. The maximum atomic E-state index is 12.2. The minimum atomic E-state index is -1.15. The van der Waals surface area contributed by atoms with Crippen LogP contribution in [0.15, 0.2) is 42.5 Å². The Bertz CT molecular complexity index is 853. The number of hydrogen-bond donors (Lipinski definition) is 1. The van der Waals surface area contributed by atoms with E-state index >= 15 is 0 Å². The SMILES string of the molecule is CC(=O)N(Cc1ccccc1Cl)c1cc(C(=O)O)ccc1CC[N+](=O)[O-]. The molecule has 0 fully saturated rings. The maximum Gasteiger partial charge on any atom is 0.335 e. The van der Waals surface area contributed by atoms with E-state index in [1.807, 2.05) is 0 Å². The molecule has 2 aromatic rings. The number of rotatable bonds is 7. The minimum Gasteiger partial charge on any atom is -0.478 e. The molecule has 0 atom stereocenters. The van der Waals surface area contributed by atoms with Gasteiger partial charge in [0, 0.05) is 29.0 Å². The fourth-order valence-corrected chi connectivity index (χ4v) is 2.73. The lowest BCUT2D eigenvalue weighted by Crippen LogP contribution is -2.29. The number of carbonyl (C=O) groups excluding carboxylic acids is 1. The van der Waals surface area contributed by atoms with Crippen LogP contribution in [0.4, 0.5) is 5.69 Å². The van der Waals surface area contributed by atoms with Gasteiger partial charge >= 0.3 is 5.97 Å². The summed E-state index contributed by atoms with van der Waals surface area (Å²) in [5.41, 5.74) is 1.54. The summed E-state index contributed by atoms with van der Waals surface area (Å²) in [5.74, 6) is -1.47. The van der Waals surface area contributed by atoms with E-state index in [2.05, 4.69) is 0 Å². The molecule has 0 aromatic heterocycles. The van der Waals surface area contributed by atoms with Gasteiger partial charge in [-0.1, -0.05) is 35.9 Å². The molecule has 0 radical (unpaired) electrons. The molecule has 1 amide bonds. The lowest BCUT2D eigenvalue weighted by Gasteiger charge is -2.25. The van der Waals surface area contributed by atoms with Crippen LogP contribution in [0.25, 0.3) is 0 Å². The van der Waals surface area contributed by atoms with Crippen molar-refractivity contribution >= 4 is 29.2 Å². The highest BCUT2D eigenvalue weighted by atomic mass is 35.5. The largest absolute Gasteiger partial charge is 0.478 e. The fourth-order valence-electron chi connectivity index (χ4n) is 2.53. The van der Waals surface area contributed by atoms with Gasteiger partial charge in [0.1, 0.15) is 0 Å². The molecule has 0 heterocycles. The van der Waals surface area contributed by atoms with Crippen LogP contribution in [-0.2, 0) is 17.8 Å². The van der Waals surface area contributed by atoms with Crippen molar-refractivity contribution in [3.63, 3.8) is 0 Å². The first-order valence-corrected chi connectivity index (χ1v) is 8.17. The minimum absolute atomic E-state index is 0.00439. The van der Waals surface area contributed by atoms with Gasteiger partial charge in [0.2, 0.25) is 12.5 Å². The van der Waals surface area contributed by atoms with Crippen LogP contribution >= 0.6 is 11.6 Å². The summed E-state index contributed by atoms with van der Waals surface area (Å²) in [6, 6.07) is 11.2. The Hall–Kier alpha value is -2.93. The Labute approximate surface area is 155 Å². The maximum absolute atomic E-state index is 12.2. The highest BCUT2D eigenvalue weighted by Crippen LogP contribution is 2.27. The number of aromatic carboxylic acids is 1. The van der Waals surface area contributed by atoms with Gasteiger partial charge in [0.15, 0.2) is 0 Å². The first-order valence-electron chi connectivity index (χ1n) is 7.79. The molecule has 8 heteroatoms. The van der Waals surface area contributed by atoms with Crippen molar-refractivity contribution in [3.8, 4) is 0 Å². The molecule has 0 aliphatic rings.